The SMILES string of the molecule is Cn1ccc2[nH]c(Br)[n+](Cc3ccccc3Cl)c2c1=O.Cn1ccc2nc(N3CCC[C@@H](NC(=O)OC(C)(C)C)C3)n(Cc3ccccc3Cl)c2c1=O. The molecule has 1 aliphatic heterocycles. The second kappa shape index (κ2) is 15.8. The number of hydrogen-bond acceptors (Lipinski definition) is 6. The first-order valence-corrected chi connectivity index (χ1v) is 18.8. The number of carbonyl (C=O) groups is 1. The summed E-state index contributed by atoms with van der Waals surface area (Å²) in [4.78, 5) is 47.8. The van der Waals surface area contributed by atoms with Crippen molar-refractivity contribution < 1.29 is 14.1 Å². The number of pyridine rings is 2. The van der Waals surface area contributed by atoms with Gasteiger partial charge < -0.3 is 28.7 Å². The Morgan fingerprint density at radius 2 is 1.62 bits per heavy atom. The number of fused-ring (bicyclic) bond motifs is 2. The largest absolute Gasteiger partial charge is 0.444 e. The molecule has 0 aliphatic carbocycles. The number of piperidine rings is 1. The van der Waals surface area contributed by atoms with E-state index in [-0.39, 0.29) is 17.2 Å². The molecular formula is C38H42BrCl2N8O4+. The molecule has 1 aliphatic rings. The Kier molecular flexibility index (Phi) is 11.4. The molecule has 1 fully saturated rings. The molecule has 278 valence electrons. The van der Waals surface area contributed by atoms with E-state index in [0.29, 0.717) is 52.2 Å². The van der Waals surface area contributed by atoms with E-state index in [1.807, 2.05) is 90.6 Å². The topological polar surface area (TPSA) is 123 Å². The first-order chi connectivity index (χ1) is 25.2. The summed E-state index contributed by atoms with van der Waals surface area (Å²) in [5.41, 5.74) is 3.77. The molecular weight excluding hydrogens is 783 g/mol. The first-order valence-electron chi connectivity index (χ1n) is 17.2. The third-order valence-corrected chi connectivity index (χ3v) is 10.3. The zero-order valence-corrected chi connectivity index (χ0v) is 33.3. The van der Waals surface area contributed by atoms with Crippen molar-refractivity contribution in [3.63, 3.8) is 0 Å². The van der Waals surface area contributed by atoms with Gasteiger partial charge in [-0.3, -0.25) is 9.59 Å². The van der Waals surface area contributed by atoms with E-state index in [1.165, 1.54) is 0 Å². The van der Waals surface area contributed by atoms with E-state index >= 15 is 0 Å². The molecule has 6 aromatic rings. The molecule has 4 aromatic heterocycles. The fraction of sp³-hybridized carbons (Fsp3) is 0.342. The number of nitrogens with zero attached hydrogens (tertiary/aromatic N) is 6. The van der Waals surface area contributed by atoms with Crippen LogP contribution in [0.3, 0.4) is 0 Å². The number of carbonyl (C=O) groups excluding carboxylic acids is 1. The lowest BCUT2D eigenvalue weighted by molar-refractivity contribution is -0.673. The zero-order valence-electron chi connectivity index (χ0n) is 30.2. The highest BCUT2D eigenvalue weighted by Gasteiger charge is 2.28. The maximum absolute atomic E-state index is 13.0. The summed E-state index contributed by atoms with van der Waals surface area (Å²) < 4.78 is 13.1. The summed E-state index contributed by atoms with van der Waals surface area (Å²) in [5.74, 6) is 0.698. The average molecular weight is 826 g/mol. The van der Waals surface area contributed by atoms with Crippen LogP contribution in [0.25, 0.3) is 22.1 Å². The lowest BCUT2D eigenvalue weighted by Gasteiger charge is -2.34. The van der Waals surface area contributed by atoms with Crippen LogP contribution in [0.2, 0.25) is 10.0 Å². The second-order valence-electron chi connectivity index (χ2n) is 14.1. The third-order valence-electron chi connectivity index (χ3n) is 8.94. The van der Waals surface area contributed by atoms with Crippen LogP contribution in [0.5, 0.6) is 0 Å². The third kappa shape index (κ3) is 8.63. The highest BCUT2D eigenvalue weighted by molar-refractivity contribution is 9.10. The average Bonchev–Trinajstić information content (AvgIpc) is 3.63. The maximum atomic E-state index is 13.0. The number of imidazole rings is 2. The highest BCUT2D eigenvalue weighted by atomic mass is 79.9. The van der Waals surface area contributed by atoms with E-state index < -0.39 is 11.7 Å². The molecule has 53 heavy (non-hydrogen) atoms. The van der Waals surface area contributed by atoms with E-state index in [2.05, 4.69) is 31.1 Å². The van der Waals surface area contributed by atoms with E-state index in [4.69, 9.17) is 32.9 Å². The Hall–Kier alpha value is -4.59. The Labute approximate surface area is 325 Å². The van der Waals surface area contributed by atoms with Gasteiger partial charge >= 0.3 is 16.4 Å². The van der Waals surface area contributed by atoms with Gasteiger partial charge in [0.1, 0.15) is 17.7 Å². The number of aromatic nitrogens is 6. The normalized spacial score (nSPS) is 14.6. The van der Waals surface area contributed by atoms with Crippen molar-refractivity contribution in [3.8, 4) is 0 Å². The molecule has 1 atom stereocenters. The molecule has 12 nitrogen and oxygen atoms in total. The van der Waals surface area contributed by atoms with Crippen LogP contribution in [0, 0.1) is 0 Å². The van der Waals surface area contributed by atoms with Crippen LogP contribution in [-0.2, 0) is 31.9 Å². The zero-order chi connectivity index (χ0) is 38.0. The molecule has 2 aromatic carbocycles. The summed E-state index contributed by atoms with van der Waals surface area (Å²) in [7, 11) is 3.47. The number of ether oxygens (including phenoxy) is 1. The van der Waals surface area contributed by atoms with Crippen molar-refractivity contribution in [2.75, 3.05) is 18.0 Å². The number of halogens is 3. The van der Waals surface area contributed by atoms with Crippen molar-refractivity contribution in [1.29, 1.82) is 0 Å². The minimum absolute atomic E-state index is 0.0449. The summed E-state index contributed by atoms with van der Waals surface area (Å²) in [6.07, 6.45) is 4.78. The molecule has 15 heteroatoms. The van der Waals surface area contributed by atoms with Crippen LogP contribution in [-0.4, -0.2) is 54.5 Å². The molecule has 5 heterocycles. The van der Waals surface area contributed by atoms with Gasteiger partial charge in [0, 0.05) is 83.2 Å². The van der Waals surface area contributed by atoms with Gasteiger partial charge in [0.05, 0.1) is 12.1 Å². The van der Waals surface area contributed by atoms with Crippen LogP contribution >= 0.6 is 39.1 Å². The summed E-state index contributed by atoms with van der Waals surface area (Å²) >= 11 is 16.1. The number of hydrogen-bond donors (Lipinski definition) is 2. The highest BCUT2D eigenvalue weighted by Crippen LogP contribution is 2.27. The minimum atomic E-state index is -0.554. The minimum Gasteiger partial charge on any atom is -0.444 e. The summed E-state index contributed by atoms with van der Waals surface area (Å²) in [6.45, 7) is 7.83. The van der Waals surface area contributed by atoms with Crippen molar-refractivity contribution in [2.24, 2.45) is 14.1 Å². The van der Waals surface area contributed by atoms with Gasteiger partial charge in [0.2, 0.25) is 11.5 Å². The van der Waals surface area contributed by atoms with E-state index in [0.717, 1.165) is 40.8 Å². The maximum Gasteiger partial charge on any atom is 0.407 e. The first kappa shape index (κ1) is 38.1. The number of H-pyrrole nitrogens is 1. The molecule has 1 amide bonds. The molecule has 1 saturated heterocycles. The Morgan fingerprint density at radius 3 is 2.30 bits per heavy atom. The van der Waals surface area contributed by atoms with Gasteiger partial charge in [-0.25, -0.2) is 19.3 Å². The lowest BCUT2D eigenvalue weighted by atomic mass is 10.1. The van der Waals surface area contributed by atoms with E-state index in [9.17, 15) is 14.4 Å². The van der Waals surface area contributed by atoms with Crippen LogP contribution in [0.1, 0.15) is 44.7 Å². The van der Waals surface area contributed by atoms with Crippen LogP contribution in [0.15, 0.2) is 87.4 Å². The fourth-order valence-electron chi connectivity index (χ4n) is 6.36. The van der Waals surface area contributed by atoms with Gasteiger partial charge in [-0.05, 0) is 57.4 Å². The monoisotopic (exact) mass is 823 g/mol. The van der Waals surface area contributed by atoms with E-state index in [1.54, 1.807) is 35.6 Å². The second-order valence-corrected chi connectivity index (χ2v) is 15.6. The standard InChI is InChI=1S/C24H30ClN5O3.C14H11BrClN3O/c1-24(2,3)33-23(32)26-17-9-7-12-29(15-17)22-27-19-11-13-28(4)21(31)20(19)30(22)14-16-8-5-6-10-18(16)25;1-18-7-6-11-12(13(18)20)19(14(15)17-11)8-9-4-2-3-5-10(9)16/h5-6,8,10-11,13,17H,7,9,12,14-15H2,1-4H3,(H,26,32);2-7H,8H2,1H3/p+1/t17-;/m1./s1. The molecule has 7 rings (SSSR count). The smallest absolute Gasteiger partial charge is 0.407 e. The van der Waals surface area contributed by atoms with Crippen molar-refractivity contribution in [2.45, 2.75) is 58.3 Å². The number of rotatable bonds is 6. The molecule has 2 N–H and O–H groups in total. The molecule has 0 radical (unpaired) electrons. The number of aryl methyl sites for hydroxylation is 2. The number of aromatic amines is 1. The lowest BCUT2D eigenvalue weighted by Crippen LogP contribution is -2.49. The Balaban J connectivity index is 0.000000204. The van der Waals surface area contributed by atoms with Crippen LogP contribution in [0.4, 0.5) is 10.7 Å². The Bertz CT molecular complexity index is 2410. The molecule has 0 unspecified atom stereocenters. The predicted octanol–water partition coefficient (Wildman–Crippen LogP) is 6.55. The molecule has 0 bridgehead atoms. The van der Waals surface area contributed by atoms with Crippen LogP contribution < -0.4 is 25.9 Å². The van der Waals surface area contributed by atoms with Crippen molar-refractivity contribution in [3.05, 3.63) is 120 Å². The number of alkyl carbamates (subject to hydrolysis) is 1. The van der Waals surface area contributed by atoms with Gasteiger partial charge in [-0.15, -0.1) is 0 Å². The quantitative estimate of drug-likeness (QED) is 0.184. The molecule has 0 saturated carbocycles. The van der Waals surface area contributed by atoms with Gasteiger partial charge in [-0.2, -0.15) is 0 Å². The van der Waals surface area contributed by atoms with Gasteiger partial charge in [0.25, 0.3) is 5.56 Å². The number of benzene rings is 2. The number of nitrogens with one attached hydrogen (secondary N) is 2. The van der Waals surface area contributed by atoms with Gasteiger partial charge in [0.15, 0.2) is 5.52 Å². The van der Waals surface area contributed by atoms with Gasteiger partial charge in [-0.1, -0.05) is 59.6 Å². The molecule has 0 spiro atoms. The number of amides is 1. The summed E-state index contributed by atoms with van der Waals surface area (Å²) in [5, 5.41) is 4.31. The predicted molar refractivity (Wildman–Crippen MR) is 212 cm³/mol. The number of anilines is 1. The van der Waals surface area contributed by atoms with Crippen molar-refractivity contribution >= 4 is 73.2 Å². The van der Waals surface area contributed by atoms with Crippen molar-refractivity contribution in [1.82, 2.24) is 29.0 Å². The summed E-state index contributed by atoms with van der Waals surface area (Å²) in [6, 6.07) is 18.9. The Morgan fingerprint density at radius 1 is 0.981 bits per heavy atom. The fourth-order valence-corrected chi connectivity index (χ4v) is 7.26.